The van der Waals surface area contributed by atoms with Crippen molar-refractivity contribution in [3.8, 4) is 0 Å². The second-order valence-electron chi connectivity index (χ2n) is 10.4. The Hall–Kier alpha value is -5.01. The first-order valence-corrected chi connectivity index (χ1v) is 13.5. The first-order valence-electron chi connectivity index (χ1n) is 13.5. The fourth-order valence-corrected chi connectivity index (χ4v) is 5.14. The number of fused-ring (bicyclic) bond motifs is 1. The molecule has 1 saturated heterocycles. The number of hydrogen-bond donors (Lipinski definition) is 2. The van der Waals surface area contributed by atoms with Crippen molar-refractivity contribution < 1.29 is 37.3 Å². The molecular formula is C29H28F3N6O5+. The highest BCUT2D eigenvalue weighted by Gasteiger charge is 2.43. The summed E-state index contributed by atoms with van der Waals surface area (Å²) < 4.78 is 43.9. The van der Waals surface area contributed by atoms with Crippen molar-refractivity contribution in [2.24, 2.45) is 11.8 Å². The number of nitrogens with zero attached hydrogens (tertiary/aromatic N) is 3. The smallest absolute Gasteiger partial charge is 0.386 e. The van der Waals surface area contributed by atoms with E-state index in [-0.39, 0.29) is 24.8 Å². The Morgan fingerprint density at radius 2 is 1.95 bits per heavy atom. The molecule has 3 N–H and O–H groups in total. The number of aromatic nitrogens is 4. The third-order valence-electron chi connectivity index (χ3n) is 7.27. The van der Waals surface area contributed by atoms with Crippen molar-refractivity contribution in [3.63, 3.8) is 0 Å². The van der Waals surface area contributed by atoms with Gasteiger partial charge in [0.15, 0.2) is 0 Å². The number of amides is 1. The number of carbonyl (C=O) groups excluding carboxylic acids is 3. The normalized spacial score (nSPS) is 15.8. The van der Waals surface area contributed by atoms with Crippen LogP contribution in [0, 0.1) is 18.8 Å². The Morgan fingerprint density at radius 3 is 2.67 bits per heavy atom. The molecule has 2 aromatic heterocycles. The summed E-state index contributed by atoms with van der Waals surface area (Å²) in [6.45, 7) is 2.12. The van der Waals surface area contributed by atoms with Gasteiger partial charge in [-0.1, -0.05) is 42.5 Å². The highest BCUT2D eigenvalue weighted by Crippen LogP contribution is 2.26. The van der Waals surface area contributed by atoms with E-state index in [1.54, 1.807) is 37.5 Å². The van der Waals surface area contributed by atoms with Gasteiger partial charge in [-0.25, -0.2) is 24.9 Å². The van der Waals surface area contributed by atoms with E-state index in [0.29, 0.717) is 42.4 Å². The van der Waals surface area contributed by atoms with Crippen LogP contribution in [0.15, 0.2) is 65.8 Å². The van der Waals surface area contributed by atoms with E-state index in [4.69, 9.17) is 0 Å². The Kier molecular flexibility index (Phi) is 8.28. The minimum absolute atomic E-state index is 0.0940. The van der Waals surface area contributed by atoms with Crippen molar-refractivity contribution in [2.75, 3.05) is 23.3 Å². The number of anilines is 2. The summed E-state index contributed by atoms with van der Waals surface area (Å²) in [5, 5.41) is 4.53. The number of benzene rings is 2. The number of hydrogen-bond acceptors (Lipinski definition) is 7. The first kappa shape index (κ1) is 29.5. The Morgan fingerprint density at radius 1 is 1.19 bits per heavy atom. The lowest BCUT2D eigenvalue weighted by molar-refractivity contribution is -0.358. The van der Waals surface area contributed by atoms with Crippen molar-refractivity contribution in [3.05, 3.63) is 82.7 Å². The van der Waals surface area contributed by atoms with Crippen LogP contribution in [-0.4, -0.2) is 51.6 Å². The number of ether oxygens (including phenoxy) is 1. The molecule has 2 unspecified atom stereocenters. The third kappa shape index (κ3) is 6.90. The standard InChI is InChI=1S/C29H27F3N6O5/c1-17-14-38(28(42)35-23(17)37-11-8-21(15-37)24(39)36-27-33-9-10-34-27)16-22(25(40)43-26(41)29(30,31)32)13-18-6-7-19-4-2-3-5-20(19)12-18/h2-7,9-10,12,14,21-22H,8,11,13,15-16H2,1H3,(H2,33,34,36,39)/p+1. The summed E-state index contributed by atoms with van der Waals surface area (Å²) in [6, 6.07) is 12.7. The number of carbonyl (C=O) groups is 3. The molecular weight excluding hydrogens is 569 g/mol. The van der Waals surface area contributed by atoms with Crippen LogP contribution in [0.2, 0.25) is 0 Å². The molecule has 0 aliphatic carbocycles. The second-order valence-corrected chi connectivity index (χ2v) is 10.4. The molecule has 5 rings (SSSR count). The summed E-state index contributed by atoms with van der Waals surface area (Å²) in [5.74, 6) is -5.07. The number of H-pyrrole nitrogens is 2. The molecule has 0 spiro atoms. The lowest BCUT2D eigenvalue weighted by Gasteiger charge is -2.21. The first-order chi connectivity index (χ1) is 20.5. The summed E-state index contributed by atoms with van der Waals surface area (Å²) in [4.78, 5) is 61.7. The van der Waals surface area contributed by atoms with E-state index in [0.717, 1.165) is 15.3 Å². The molecule has 11 nitrogen and oxygen atoms in total. The Balaban J connectivity index is 1.35. The van der Waals surface area contributed by atoms with Crippen molar-refractivity contribution in [1.29, 1.82) is 0 Å². The molecule has 1 fully saturated rings. The maximum atomic E-state index is 13.1. The van der Waals surface area contributed by atoms with Gasteiger partial charge in [0.25, 0.3) is 5.91 Å². The topological polar surface area (TPSA) is 141 Å². The number of rotatable bonds is 8. The van der Waals surface area contributed by atoms with Gasteiger partial charge in [0.1, 0.15) is 5.82 Å². The third-order valence-corrected chi connectivity index (χ3v) is 7.27. The Bertz CT molecular complexity index is 1720. The minimum atomic E-state index is -5.36. The van der Waals surface area contributed by atoms with E-state index in [2.05, 4.69) is 25.0 Å². The van der Waals surface area contributed by atoms with Gasteiger partial charge < -0.3 is 9.64 Å². The van der Waals surface area contributed by atoms with E-state index in [1.807, 2.05) is 29.2 Å². The fraction of sp³-hybridized carbons (Fsp3) is 0.310. The van der Waals surface area contributed by atoms with Crippen LogP contribution >= 0.6 is 0 Å². The van der Waals surface area contributed by atoms with Crippen molar-refractivity contribution in [2.45, 2.75) is 32.5 Å². The highest BCUT2D eigenvalue weighted by molar-refractivity contribution is 5.91. The fourth-order valence-electron chi connectivity index (χ4n) is 5.14. The number of aryl methyl sites for hydroxylation is 1. The van der Waals surface area contributed by atoms with E-state index in [1.165, 1.54) is 6.20 Å². The predicted octanol–water partition coefficient (Wildman–Crippen LogP) is 2.80. The summed E-state index contributed by atoms with van der Waals surface area (Å²) in [5.41, 5.74) is 0.420. The molecule has 0 saturated carbocycles. The van der Waals surface area contributed by atoms with Gasteiger partial charge in [0.05, 0.1) is 24.2 Å². The van der Waals surface area contributed by atoms with Gasteiger partial charge in [-0.05, 0) is 36.1 Å². The molecule has 1 aliphatic heterocycles. The van der Waals surface area contributed by atoms with Crippen molar-refractivity contribution >= 4 is 40.4 Å². The zero-order valence-electron chi connectivity index (χ0n) is 23.0. The SMILES string of the molecule is Cc1cn(CC(Cc2ccc3ccccc3c2)C(=O)OC(=O)C(F)(F)F)c(=O)nc1N1CCC(C(=O)Nc2[nH]cc[nH+]2)C1. The van der Waals surface area contributed by atoms with Gasteiger partial charge in [0.2, 0.25) is 0 Å². The molecule has 43 heavy (non-hydrogen) atoms. The molecule has 0 bridgehead atoms. The molecule has 2 atom stereocenters. The highest BCUT2D eigenvalue weighted by atomic mass is 19.4. The zero-order valence-corrected chi connectivity index (χ0v) is 23.0. The van der Waals surface area contributed by atoms with Crippen LogP contribution in [0.5, 0.6) is 0 Å². The number of alkyl halides is 3. The lowest BCUT2D eigenvalue weighted by Crippen LogP contribution is -2.36. The number of halogens is 3. The van der Waals surface area contributed by atoms with Crippen LogP contribution in [0.3, 0.4) is 0 Å². The van der Waals surface area contributed by atoms with Crippen LogP contribution < -0.4 is 20.9 Å². The van der Waals surface area contributed by atoms with Crippen LogP contribution in [0.25, 0.3) is 10.8 Å². The molecule has 14 heteroatoms. The Labute approximate surface area is 242 Å². The number of imidazole rings is 1. The largest absolute Gasteiger partial charge is 0.491 e. The summed E-state index contributed by atoms with van der Waals surface area (Å²) in [7, 11) is 0. The van der Waals surface area contributed by atoms with E-state index in [9.17, 15) is 32.3 Å². The lowest BCUT2D eigenvalue weighted by atomic mass is 9.97. The molecule has 0 radical (unpaired) electrons. The zero-order chi connectivity index (χ0) is 30.7. The molecule has 1 amide bonds. The van der Waals surface area contributed by atoms with Crippen LogP contribution in [-0.2, 0) is 32.1 Å². The maximum Gasteiger partial charge on any atom is 0.491 e. The summed E-state index contributed by atoms with van der Waals surface area (Å²) >= 11 is 0. The predicted molar refractivity (Wildman–Crippen MR) is 148 cm³/mol. The van der Waals surface area contributed by atoms with Gasteiger partial charge in [-0.15, -0.1) is 0 Å². The van der Waals surface area contributed by atoms with Gasteiger partial charge in [0, 0.05) is 31.4 Å². The monoisotopic (exact) mass is 597 g/mol. The molecule has 2 aromatic carbocycles. The quantitative estimate of drug-likeness (QED) is 0.235. The van der Waals surface area contributed by atoms with Gasteiger partial charge in [-0.2, -0.15) is 18.2 Å². The summed E-state index contributed by atoms with van der Waals surface area (Å²) in [6.07, 6.45) is -0.187. The molecule has 4 aromatic rings. The van der Waals surface area contributed by atoms with Crippen LogP contribution in [0.1, 0.15) is 17.5 Å². The molecule has 1 aliphatic rings. The molecule has 224 valence electrons. The van der Waals surface area contributed by atoms with Crippen LogP contribution in [0.4, 0.5) is 24.9 Å². The average Bonchev–Trinajstić information content (AvgIpc) is 3.66. The molecule has 3 heterocycles. The number of esters is 2. The maximum absolute atomic E-state index is 13.1. The average molecular weight is 598 g/mol. The number of aromatic amines is 2. The van der Waals surface area contributed by atoms with E-state index >= 15 is 0 Å². The number of nitrogens with one attached hydrogen (secondary N) is 3. The van der Waals surface area contributed by atoms with Crippen molar-refractivity contribution in [1.82, 2.24) is 14.5 Å². The van der Waals surface area contributed by atoms with Gasteiger partial charge >= 0.3 is 29.8 Å². The van der Waals surface area contributed by atoms with E-state index < -0.39 is 29.7 Å². The minimum Gasteiger partial charge on any atom is -0.386 e. The van der Waals surface area contributed by atoms with Gasteiger partial charge in [-0.3, -0.25) is 14.2 Å². The second kappa shape index (κ2) is 12.1.